The Morgan fingerprint density at radius 1 is 1.00 bits per heavy atom. The first-order chi connectivity index (χ1) is 11.9. The highest BCUT2D eigenvalue weighted by molar-refractivity contribution is 6.04. The highest BCUT2D eigenvalue weighted by Gasteiger charge is 2.12. The molecule has 0 aliphatic rings. The minimum atomic E-state index is -0.374. The summed E-state index contributed by atoms with van der Waals surface area (Å²) in [6.45, 7) is 6.24. The van der Waals surface area contributed by atoms with Crippen molar-refractivity contribution in [1.82, 2.24) is 5.32 Å². The van der Waals surface area contributed by atoms with Crippen LogP contribution in [0.15, 0.2) is 48.5 Å². The number of para-hydroxylation sites is 2. The lowest BCUT2D eigenvalue weighted by atomic mass is 10.1. The average Bonchev–Trinajstić information content (AvgIpc) is 2.55. The second-order valence-electron chi connectivity index (χ2n) is 6.15. The maximum Gasteiger partial charge on any atom is 0.233 e. The molecule has 2 aromatic carbocycles. The number of carbonyl (C=O) groups is 2. The van der Waals surface area contributed by atoms with E-state index < -0.39 is 0 Å². The quantitative estimate of drug-likeness (QED) is 0.759. The number of hydrogen-bond acceptors (Lipinski definition) is 3. The molecule has 2 aromatic rings. The molecule has 0 aliphatic heterocycles. The first-order valence-electron chi connectivity index (χ1n) is 8.32. The summed E-state index contributed by atoms with van der Waals surface area (Å²) >= 11 is 0. The molecule has 0 fully saturated rings. The second kappa shape index (κ2) is 8.87. The summed E-state index contributed by atoms with van der Waals surface area (Å²) in [7, 11) is 0. The fourth-order valence-corrected chi connectivity index (χ4v) is 2.24. The molecule has 0 saturated heterocycles. The van der Waals surface area contributed by atoms with Crippen molar-refractivity contribution in [1.29, 1.82) is 0 Å². The van der Waals surface area contributed by atoms with Crippen molar-refractivity contribution in [3.8, 4) is 5.75 Å². The van der Waals surface area contributed by atoms with Crippen LogP contribution in [0.4, 0.5) is 5.69 Å². The van der Waals surface area contributed by atoms with Crippen LogP contribution in [0.3, 0.4) is 0 Å². The highest BCUT2D eigenvalue weighted by Crippen LogP contribution is 2.24. The summed E-state index contributed by atoms with van der Waals surface area (Å²) in [5.74, 6) is -0.104. The lowest BCUT2D eigenvalue weighted by Crippen LogP contribution is -2.27. The van der Waals surface area contributed by atoms with Crippen LogP contribution in [0.5, 0.6) is 5.75 Å². The maximum atomic E-state index is 12.1. The van der Waals surface area contributed by atoms with E-state index in [2.05, 4.69) is 10.6 Å². The fourth-order valence-electron chi connectivity index (χ4n) is 2.24. The van der Waals surface area contributed by atoms with Gasteiger partial charge in [0.1, 0.15) is 12.2 Å². The Labute approximate surface area is 148 Å². The van der Waals surface area contributed by atoms with Gasteiger partial charge in [-0.05, 0) is 38.5 Å². The third-order valence-corrected chi connectivity index (χ3v) is 3.46. The highest BCUT2D eigenvalue weighted by atomic mass is 16.5. The summed E-state index contributed by atoms with van der Waals surface area (Å²) in [6.07, 6.45) is -0.238. The lowest BCUT2D eigenvalue weighted by molar-refractivity contribution is -0.126. The Hall–Kier alpha value is -2.82. The van der Waals surface area contributed by atoms with E-state index >= 15 is 0 Å². The van der Waals surface area contributed by atoms with Gasteiger partial charge in [0, 0.05) is 6.54 Å². The zero-order valence-corrected chi connectivity index (χ0v) is 14.8. The second-order valence-corrected chi connectivity index (χ2v) is 6.15. The molecule has 0 saturated carbocycles. The summed E-state index contributed by atoms with van der Waals surface area (Å²) in [4.78, 5) is 24.0. The van der Waals surface area contributed by atoms with E-state index in [4.69, 9.17) is 4.74 Å². The van der Waals surface area contributed by atoms with E-state index in [-0.39, 0.29) is 24.3 Å². The number of carbonyl (C=O) groups excluding carboxylic acids is 2. The Kier molecular flexibility index (Phi) is 6.57. The molecule has 5 nitrogen and oxygen atoms in total. The molecule has 0 radical (unpaired) electrons. The van der Waals surface area contributed by atoms with Gasteiger partial charge in [-0.2, -0.15) is 0 Å². The van der Waals surface area contributed by atoms with Crippen molar-refractivity contribution in [3.05, 3.63) is 59.7 Å². The molecule has 0 bridgehead atoms. The molecule has 0 unspecified atom stereocenters. The number of anilines is 1. The Morgan fingerprint density at radius 2 is 1.68 bits per heavy atom. The van der Waals surface area contributed by atoms with E-state index in [9.17, 15) is 9.59 Å². The molecule has 0 aliphatic carbocycles. The molecular weight excluding hydrogens is 316 g/mol. The van der Waals surface area contributed by atoms with Gasteiger partial charge in [0.2, 0.25) is 11.8 Å². The van der Waals surface area contributed by atoms with Crippen LogP contribution in [-0.2, 0) is 16.1 Å². The van der Waals surface area contributed by atoms with Gasteiger partial charge >= 0.3 is 0 Å². The summed E-state index contributed by atoms with van der Waals surface area (Å²) in [5, 5.41) is 5.48. The monoisotopic (exact) mass is 340 g/mol. The molecule has 5 heteroatoms. The topological polar surface area (TPSA) is 67.4 Å². The van der Waals surface area contributed by atoms with Gasteiger partial charge in [-0.3, -0.25) is 9.59 Å². The molecule has 0 heterocycles. The zero-order valence-electron chi connectivity index (χ0n) is 14.8. The van der Waals surface area contributed by atoms with E-state index in [1.54, 1.807) is 18.2 Å². The van der Waals surface area contributed by atoms with Crippen molar-refractivity contribution < 1.29 is 14.3 Å². The Bertz CT molecular complexity index is 724. The van der Waals surface area contributed by atoms with Crippen LogP contribution in [0.1, 0.15) is 31.4 Å². The number of nitrogens with one attached hydrogen (secondary N) is 2. The van der Waals surface area contributed by atoms with Gasteiger partial charge in [-0.1, -0.05) is 42.0 Å². The van der Waals surface area contributed by atoms with Gasteiger partial charge in [-0.25, -0.2) is 0 Å². The molecule has 0 atom stereocenters. The van der Waals surface area contributed by atoms with Crippen LogP contribution in [-0.4, -0.2) is 17.9 Å². The number of hydrogen-bond donors (Lipinski definition) is 2. The van der Waals surface area contributed by atoms with Gasteiger partial charge in [-0.15, -0.1) is 0 Å². The van der Waals surface area contributed by atoms with E-state index in [1.807, 2.05) is 51.1 Å². The summed E-state index contributed by atoms with van der Waals surface area (Å²) < 4.78 is 5.65. The number of ether oxygens (including phenoxy) is 1. The molecule has 0 aromatic heterocycles. The predicted molar refractivity (Wildman–Crippen MR) is 98.5 cm³/mol. The number of amides is 2. The van der Waals surface area contributed by atoms with Gasteiger partial charge in [0.15, 0.2) is 0 Å². The fraction of sp³-hybridized carbons (Fsp3) is 0.300. The minimum absolute atomic E-state index is 0.00383. The van der Waals surface area contributed by atoms with Gasteiger partial charge in [0.05, 0.1) is 11.8 Å². The van der Waals surface area contributed by atoms with Crippen LogP contribution in [0.2, 0.25) is 0 Å². The van der Waals surface area contributed by atoms with E-state index in [0.717, 1.165) is 11.1 Å². The number of benzene rings is 2. The SMILES string of the molecule is Cc1ccc(CNC(=O)CC(=O)Nc2ccccc2OC(C)C)cc1. The van der Waals surface area contributed by atoms with Crippen molar-refractivity contribution in [2.75, 3.05) is 5.32 Å². The maximum absolute atomic E-state index is 12.1. The van der Waals surface area contributed by atoms with Crippen LogP contribution in [0.25, 0.3) is 0 Å². The third-order valence-electron chi connectivity index (χ3n) is 3.46. The predicted octanol–water partition coefficient (Wildman–Crippen LogP) is 3.43. The van der Waals surface area contributed by atoms with Crippen molar-refractivity contribution >= 4 is 17.5 Å². The molecule has 2 N–H and O–H groups in total. The van der Waals surface area contributed by atoms with Crippen LogP contribution >= 0.6 is 0 Å². The van der Waals surface area contributed by atoms with E-state index in [1.165, 1.54) is 0 Å². The smallest absolute Gasteiger partial charge is 0.233 e. The summed E-state index contributed by atoms with van der Waals surface area (Å²) in [6, 6.07) is 15.1. The minimum Gasteiger partial charge on any atom is -0.489 e. The standard InChI is InChI=1S/C20H24N2O3/c1-14(2)25-18-7-5-4-6-17(18)22-20(24)12-19(23)21-13-16-10-8-15(3)9-11-16/h4-11,14H,12-13H2,1-3H3,(H,21,23)(H,22,24). The molecule has 132 valence electrons. The van der Waals surface area contributed by atoms with Gasteiger partial charge < -0.3 is 15.4 Å². The zero-order chi connectivity index (χ0) is 18.2. The molecule has 0 spiro atoms. The Morgan fingerprint density at radius 3 is 2.36 bits per heavy atom. The molecule has 25 heavy (non-hydrogen) atoms. The van der Waals surface area contributed by atoms with Gasteiger partial charge in [0.25, 0.3) is 0 Å². The van der Waals surface area contributed by atoms with Crippen molar-refractivity contribution in [2.45, 2.75) is 39.8 Å². The first-order valence-corrected chi connectivity index (χ1v) is 8.32. The molecular formula is C20H24N2O3. The molecule has 2 rings (SSSR count). The lowest BCUT2D eigenvalue weighted by Gasteiger charge is -2.14. The third kappa shape index (κ3) is 6.30. The van der Waals surface area contributed by atoms with E-state index in [0.29, 0.717) is 18.0 Å². The normalized spacial score (nSPS) is 10.4. The van der Waals surface area contributed by atoms with Crippen LogP contribution in [0, 0.1) is 6.92 Å². The first kappa shape index (κ1) is 18.5. The Balaban J connectivity index is 1.85. The number of rotatable bonds is 7. The molecule has 2 amide bonds. The van der Waals surface area contributed by atoms with Crippen molar-refractivity contribution in [3.63, 3.8) is 0 Å². The van der Waals surface area contributed by atoms with Crippen molar-refractivity contribution in [2.24, 2.45) is 0 Å². The average molecular weight is 340 g/mol. The number of aryl methyl sites for hydroxylation is 1. The summed E-state index contributed by atoms with van der Waals surface area (Å²) in [5.41, 5.74) is 2.72. The largest absolute Gasteiger partial charge is 0.489 e. The van der Waals surface area contributed by atoms with Crippen LogP contribution < -0.4 is 15.4 Å².